The van der Waals surface area contributed by atoms with Crippen molar-refractivity contribution in [2.75, 3.05) is 0 Å². The molecule has 1 aromatic carbocycles. The summed E-state index contributed by atoms with van der Waals surface area (Å²) in [5, 5.41) is 0. The van der Waals surface area contributed by atoms with Gasteiger partial charge < -0.3 is 0 Å². The number of terminal acetylenes is 1. The Hall–Kier alpha value is -1.92. The number of allylic oxidation sites excluding steroid dienone is 1. The second-order valence-electron chi connectivity index (χ2n) is 3.65. The van der Waals surface area contributed by atoms with Gasteiger partial charge in [-0.05, 0) is 41.0 Å². The van der Waals surface area contributed by atoms with Crippen molar-refractivity contribution in [3.8, 4) is 24.2 Å². The van der Waals surface area contributed by atoms with E-state index in [1.165, 1.54) is 0 Å². The summed E-state index contributed by atoms with van der Waals surface area (Å²) in [5.41, 5.74) is 3.25. The van der Waals surface area contributed by atoms with Crippen molar-refractivity contribution < 1.29 is 0 Å². The lowest BCUT2D eigenvalue weighted by molar-refractivity contribution is 0.858. The standard InChI is InChI=1S/C15H14.C2H6/c1-5-6-7-14-8-10-15(11-9-14)13(4)12(2)3;1-2/h1,8-12H,4H2,2-3H3;1-2H3. The van der Waals surface area contributed by atoms with E-state index in [1.54, 1.807) is 0 Å². The summed E-state index contributed by atoms with van der Waals surface area (Å²) < 4.78 is 0. The summed E-state index contributed by atoms with van der Waals surface area (Å²) in [7, 11) is 0. The third-order valence-electron chi connectivity index (χ3n) is 2.23. The van der Waals surface area contributed by atoms with Crippen LogP contribution in [0.25, 0.3) is 5.57 Å². The Bertz CT molecular complexity index is 442. The summed E-state index contributed by atoms with van der Waals surface area (Å²) in [6.07, 6.45) is 5.06. The number of benzene rings is 1. The summed E-state index contributed by atoms with van der Waals surface area (Å²) in [5.74, 6) is 8.22. The normalized spacial score (nSPS) is 8.24. The van der Waals surface area contributed by atoms with Crippen molar-refractivity contribution in [3.63, 3.8) is 0 Å². The van der Waals surface area contributed by atoms with Gasteiger partial charge in [0.2, 0.25) is 0 Å². The maximum absolute atomic E-state index is 5.06. The Labute approximate surface area is 106 Å². The van der Waals surface area contributed by atoms with Gasteiger partial charge in [0.15, 0.2) is 0 Å². The van der Waals surface area contributed by atoms with Crippen molar-refractivity contribution in [2.45, 2.75) is 27.7 Å². The molecule has 0 amide bonds. The van der Waals surface area contributed by atoms with Gasteiger partial charge in [-0.25, -0.2) is 0 Å². The number of hydrogen-bond acceptors (Lipinski definition) is 0. The first-order valence-corrected chi connectivity index (χ1v) is 5.91. The molecule has 1 rings (SSSR count). The molecule has 0 unspecified atom stereocenters. The molecule has 0 bridgehead atoms. The quantitative estimate of drug-likeness (QED) is 0.654. The van der Waals surface area contributed by atoms with Crippen LogP contribution in [0.4, 0.5) is 0 Å². The molecule has 0 radical (unpaired) electrons. The molecule has 0 nitrogen and oxygen atoms in total. The van der Waals surface area contributed by atoms with Gasteiger partial charge >= 0.3 is 0 Å². The lowest BCUT2D eigenvalue weighted by atomic mass is 9.96. The lowest BCUT2D eigenvalue weighted by Gasteiger charge is -2.09. The Morgan fingerprint density at radius 1 is 1.18 bits per heavy atom. The van der Waals surface area contributed by atoms with E-state index < -0.39 is 0 Å². The highest BCUT2D eigenvalue weighted by atomic mass is 14.1. The Balaban J connectivity index is 0.00000121. The third-order valence-corrected chi connectivity index (χ3v) is 2.23. The van der Waals surface area contributed by atoms with Crippen LogP contribution >= 0.6 is 0 Å². The molecule has 0 saturated heterocycles. The smallest absolute Gasteiger partial charge is 0.0255 e. The van der Waals surface area contributed by atoms with Crippen LogP contribution in [0.3, 0.4) is 0 Å². The molecule has 0 aliphatic heterocycles. The first kappa shape index (κ1) is 15.1. The molecule has 17 heavy (non-hydrogen) atoms. The topological polar surface area (TPSA) is 0 Å². The van der Waals surface area contributed by atoms with Gasteiger partial charge in [0.1, 0.15) is 0 Å². The molecule has 0 heterocycles. The Morgan fingerprint density at radius 3 is 2.12 bits per heavy atom. The highest BCUT2D eigenvalue weighted by Gasteiger charge is 2.02. The maximum atomic E-state index is 5.06. The first-order chi connectivity index (χ1) is 8.15. The molecule has 0 fully saturated rings. The molecule has 1 aromatic rings. The van der Waals surface area contributed by atoms with E-state index >= 15 is 0 Å². The first-order valence-electron chi connectivity index (χ1n) is 5.91. The lowest BCUT2D eigenvalue weighted by Crippen LogP contribution is -1.91. The molecule has 0 N–H and O–H groups in total. The maximum Gasteiger partial charge on any atom is 0.0255 e. The minimum absolute atomic E-state index is 0.465. The predicted molar refractivity (Wildman–Crippen MR) is 77.4 cm³/mol. The van der Waals surface area contributed by atoms with Crippen LogP contribution in [0.2, 0.25) is 0 Å². The SMILES string of the molecule is C#CC#Cc1ccc(C(=C)C(C)C)cc1.CC. The molecule has 0 spiro atoms. The summed E-state index contributed by atoms with van der Waals surface area (Å²) in [6, 6.07) is 7.99. The summed E-state index contributed by atoms with van der Waals surface area (Å²) in [4.78, 5) is 0. The van der Waals surface area contributed by atoms with Crippen molar-refractivity contribution in [3.05, 3.63) is 42.0 Å². The largest absolute Gasteiger partial charge is 0.106 e. The fourth-order valence-electron chi connectivity index (χ4n) is 1.21. The number of rotatable bonds is 2. The van der Waals surface area contributed by atoms with Crippen LogP contribution in [0.15, 0.2) is 30.8 Å². The molecule has 0 saturated carbocycles. The van der Waals surface area contributed by atoms with Gasteiger partial charge in [-0.15, -0.1) is 6.42 Å². The van der Waals surface area contributed by atoms with E-state index in [9.17, 15) is 0 Å². The monoisotopic (exact) mass is 224 g/mol. The van der Waals surface area contributed by atoms with E-state index in [2.05, 4.69) is 38.2 Å². The summed E-state index contributed by atoms with van der Waals surface area (Å²) in [6.45, 7) is 12.3. The van der Waals surface area contributed by atoms with E-state index in [0.29, 0.717) is 5.92 Å². The predicted octanol–water partition coefficient (Wildman–Crippen LogP) is 4.37. The summed E-state index contributed by atoms with van der Waals surface area (Å²) >= 11 is 0. The molecule has 0 aromatic heterocycles. The molecule has 0 heteroatoms. The number of hydrogen-bond donors (Lipinski definition) is 0. The van der Waals surface area contributed by atoms with Crippen LogP contribution in [0.1, 0.15) is 38.8 Å². The van der Waals surface area contributed by atoms with Crippen molar-refractivity contribution in [1.82, 2.24) is 0 Å². The average Bonchev–Trinajstić information content (AvgIpc) is 2.38. The molecule has 88 valence electrons. The minimum atomic E-state index is 0.465. The van der Waals surface area contributed by atoms with Gasteiger partial charge in [0, 0.05) is 5.56 Å². The van der Waals surface area contributed by atoms with Crippen LogP contribution < -0.4 is 0 Å². The van der Waals surface area contributed by atoms with Gasteiger partial charge in [-0.3, -0.25) is 0 Å². The third kappa shape index (κ3) is 5.10. The minimum Gasteiger partial charge on any atom is -0.106 e. The van der Waals surface area contributed by atoms with E-state index in [0.717, 1.165) is 16.7 Å². The zero-order valence-electron chi connectivity index (χ0n) is 11.2. The van der Waals surface area contributed by atoms with Gasteiger partial charge in [-0.2, -0.15) is 0 Å². The average molecular weight is 224 g/mol. The van der Waals surface area contributed by atoms with Gasteiger partial charge in [-0.1, -0.05) is 52.3 Å². The highest BCUT2D eigenvalue weighted by molar-refractivity contribution is 5.65. The van der Waals surface area contributed by atoms with E-state index in [1.807, 2.05) is 38.1 Å². The van der Waals surface area contributed by atoms with Crippen LogP contribution in [-0.4, -0.2) is 0 Å². The van der Waals surface area contributed by atoms with Gasteiger partial charge in [0.25, 0.3) is 0 Å². The van der Waals surface area contributed by atoms with Crippen LogP contribution in [0.5, 0.6) is 0 Å². The second-order valence-corrected chi connectivity index (χ2v) is 3.65. The molecular weight excluding hydrogens is 204 g/mol. The zero-order valence-corrected chi connectivity index (χ0v) is 11.2. The van der Waals surface area contributed by atoms with Gasteiger partial charge in [0.05, 0.1) is 0 Å². The fourth-order valence-corrected chi connectivity index (χ4v) is 1.21. The molecular formula is C17H20. The molecule has 0 aliphatic carbocycles. The van der Waals surface area contributed by atoms with Crippen molar-refractivity contribution in [2.24, 2.45) is 5.92 Å². The molecule has 0 atom stereocenters. The highest BCUT2D eigenvalue weighted by Crippen LogP contribution is 2.20. The molecule has 0 aliphatic rings. The van der Waals surface area contributed by atoms with E-state index in [4.69, 9.17) is 6.42 Å². The second kappa shape index (κ2) is 8.26. The van der Waals surface area contributed by atoms with Crippen molar-refractivity contribution in [1.29, 1.82) is 0 Å². The Kier molecular flexibility index (Phi) is 7.32. The zero-order chi connectivity index (χ0) is 13.3. The Morgan fingerprint density at radius 2 is 1.71 bits per heavy atom. The fraction of sp³-hybridized carbons (Fsp3) is 0.294. The van der Waals surface area contributed by atoms with E-state index in [-0.39, 0.29) is 0 Å². The van der Waals surface area contributed by atoms with Crippen molar-refractivity contribution >= 4 is 5.57 Å². The van der Waals surface area contributed by atoms with Crippen LogP contribution in [0, 0.1) is 30.1 Å². The van der Waals surface area contributed by atoms with Crippen LogP contribution in [-0.2, 0) is 0 Å².